The summed E-state index contributed by atoms with van der Waals surface area (Å²) in [6.07, 6.45) is 16.3. The molecule has 0 spiro atoms. The van der Waals surface area contributed by atoms with Crippen molar-refractivity contribution in [2.45, 2.75) is 124 Å². The molecule has 33 heavy (non-hydrogen) atoms. The first-order valence-corrected chi connectivity index (χ1v) is 13.3. The SMILES string of the molecule is C/C(=C\CC/C(C)=C/CC/C(C)=C/CC[C@@]1(O)CC[C@@H]2C(C)(C)[C@@H](O)CC[C@]2(C)[C@H]1C)CO. The van der Waals surface area contributed by atoms with E-state index in [1.54, 1.807) is 0 Å². The van der Waals surface area contributed by atoms with Crippen molar-refractivity contribution in [3.05, 3.63) is 34.9 Å². The molecule has 2 saturated carbocycles. The second-order valence-electron chi connectivity index (χ2n) is 12.2. The van der Waals surface area contributed by atoms with Gasteiger partial charge in [-0.05, 0) is 108 Å². The van der Waals surface area contributed by atoms with Gasteiger partial charge in [-0.15, -0.1) is 0 Å². The molecule has 2 aliphatic carbocycles. The highest BCUT2D eigenvalue weighted by Crippen LogP contribution is 2.62. The minimum atomic E-state index is -0.600. The highest BCUT2D eigenvalue weighted by atomic mass is 16.3. The molecule has 0 aromatic rings. The van der Waals surface area contributed by atoms with Gasteiger partial charge < -0.3 is 15.3 Å². The molecule has 0 amide bonds. The molecule has 0 aliphatic heterocycles. The van der Waals surface area contributed by atoms with E-state index in [9.17, 15) is 10.2 Å². The lowest BCUT2D eigenvalue weighted by Crippen LogP contribution is -2.60. The topological polar surface area (TPSA) is 60.7 Å². The van der Waals surface area contributed by atoms with Crippen molar-refractivity contribution in [3.63, 3.8) is 0 Å². The van der Waals surface area contributed by atoms with E-state index < -0.39 is 5.60 Å². The van der Waals surface area contributed by atoms with Crippen LogP contribution in [0.2, 0.25) is 0 Å². The maximum atomic E-state index is 11.7. The van der Waals surface area contributed by atoms with Crippen molar-refractivity contribution >= 4 is 0 Å². The average molecular weight is 461 g/mol. The van der Waals surface area contributed by atoms with E-state index >= 15 is 0 Å². The number of allylic oxidation sites excluding steroid dienone is 5. The lowest BCUT2D eigenvalue weighted by molar-refractivity contribution is -0.196. The van der Waals surface area contributed by atoms with E-state index in [0.717, 1.165) is 69.8 Å². The van der Waals surface area contributed by atoms with E-state index in [2.05, 4.69) is 59.8 Å². The fraction of sp³-hybridized carbons (Fsp3) is 0.800. The third kappa shape index (κ3) is 6.83. The Morgan fingerprint density at radius 1 is 0.848 bits per heavy atom. The van der Waals surface area contributed by atoms with Crippen LogP contribution >= 0.6 is 0 Å². The van der Waals surface area contributed by atoms with E-state index in [1.807, 2.05) is 6.92 Å². The Labute approximate surface area is 204 Å². The minimum absolute atomic E-state index is 0.0708. The summed E-state index contributed by atoms with van der Waals surface area (Å²) in [5.74, 6) is 0.720. The molecule has 0 unspecified atom stereocenters. The molecule has 3 N–H and O–H groups in total. The van der Waals surface area contributed by atoms with Gasteiger partial charge in [-0.2, -0.15) is 0 Å². The zero-order valence-electron chi connectivity index (χ0n) is 22.6. The Hall–Kier alpha value is -0.900. The molecule has 0 aromatic carbocycles. The Morgan fingerprint density at radius 2 is 1.39 bits per heavy atom. The Bertz CT molecular complexity index is 731. The number of hydrogen-bond acceptors (Lipinski definition) is 3. The summed E-state index contributed by atoms with van der Waals surface area (Å²) in [6, 6.07) is 0. The van der Waals surface area contributed by atoms with Gasteiger partial charge >= 0.3 is 0 Å². The first-order valence-electron chi connectivity index (χ1n) is 13.3. The highest BCUT2D eigenvalue weighted by molar-refractivity contribution is 5.11. The van der Waals surface area contributed by atoms with Crippen molar-refractivity contribution in [1.29, 1.82) is 0 Å². The second-order valence-corrected chi connectivity index (χ2v) is 12.2. The van der Waals surface area contributed by atoms with Crippen LogP contribution in [-0.4, -0.2) is 33.6 Å². The van der Waals surface area contributed by atoms with Crippen LogP contribution in [0.1, 0.15) is 113 Å². The Morgan fingerprint density at radius 3 is 1.97 bits per heavy atom. The van der Waals surface area contributed by atoms with Crippen LogP contribution < -0.4 is 0 Å². The van der Waals surface area contributed by atoms with E-state index in [-0.39, 0.29) is 29.5 Å². The summed E-state index contributed by atoms with van der Waals surface area (Å²) in [6.45, 7) is 15.6. The van der Waals surface area contributed by atoms with E-state index in [0.29, 0.717) is 5.92 Å². The largest absolute Gasteiger partial charge is 0.393 e. The predicted octanol–water partition coefficient (Wildman–Crippen LogP) is 7.12. The first kappa shape index (κ1) is 28.3. The van der Waals surface area contributed by atoms with Crippen LogP contribution in [-0.2, 0) is 0 Å². The normalized spacial score (nSPS) is 35.5. The lowest BCUT2D eigenvalue weighted by Gasteiger charge is -2.62. The third-order valence-corrected chi connectivity index (χ3v) is 9.55. The van der Waals surface area contributed by atoms with Crippen LogP contribution in [0.4, 0.5) is 0 Å². The van der Waals surface area contributed by atoms with Gasteiger partial charge in [0.15, 0.2) is 0 Å². The number of rotatable bonds is 10. The average Bonchev–Trinajstić information content (AvgIpc) is 2.75. The van der Waals surface area contributed by atoms with Crippen molar-refractivity contribution in [2.75, 3.05) is 6.61 Å². The van der Waals surface area contributed by atoms with Gasteiger partial charge in [-0.1, -0.05) is 62.6 Å². The fourth-order valence-electron chi connectivity index (χ4n) is 6.79. The standard InChI is InChI=1S/C30H52O3/c1-22(13-9-14-24(3)21-31)11-8-12-23(2)15-10-18-30(33)20-16-26-28(5,6)27(32)17-19-29(26,7)25(30)4/h11,14-15,25-27,31-33H,8-10,12-13,16-21H2,1-7H3/b22-11+,23-15+,24-14+/t25-,26-,27+,29-,30-/m1/s1. The molecule has 190 valence electrons. The molecular formula is C30H52O3. The molecule has 0 radical (unpaired) electrons. The smallest absolute Gasteiger partial charge is 0.0681 e. The molecule has 3 nitrogen and oxygen atoms in total. The molecule has 0 heterocycles. The van der Waals surface area contributed by atoms with Crippen LogP contribution in [0, 0.1) is 22.7 Å². The third-order valence-electron chi connectivity index (χ3n) is 9.55. The number of aliphatic hydroxyl groups excluding tert-OH is 2. The Kier molecular flexibility index (Phi) is 10.0. The van der Waals surface area contributed by atoms with Crippen molar-refractivity contribution in [2.24, 2.45) is 22.7 Å². The van der Waals surface area contributed by atoms with Crippen molar-refractivity contribution in [3.8, 4) is 0 Å². The van der Waals surface area contributed by atoms with Crippen molar-refractivity contribution < 1.29 is 15.3 Å². The van der Waals surface area contributed by atoms with E-state index in [1.165, 1.54) is 11.1 Å². The zero-order chi connectivity index (χ0) is 24.9. The summed E-state index contributed by atoms with van der Waals surface area (Å²) in [5, 5.41) is 31.3. The molecule has 2 aliphatic rings. The lowest BCUT2D eigenvalue weighted by atomic mass is 9.45. The summed E-state index contributed by atoms with van der Waals surface area (Å²) >= 11 is 0. The maximum absolute atomic E-state index is 11.7. The zero-order valence-corrected chi connectivity index (χ0v) is 22.6. The quantitative estimate of drug-likeness (QED) is 0.304. The molecule has 5 atom stereocenters. The predicted molar refractivity (Wildman–Crippen MR) is 140 cm³/mol. The van der Waals surface area contributed by atoms with E-state index in [4.69, 9.17) is 5.11 Å². The molecule has 0 saturated heterocycles. The summed E-state index contributed by atoms with van der Waals surface area (Å²) < 4.78 is 0. The van der Waals surface area contributed by atoms with Crippen LogP contribution in [0.3, 0.4) is 0 Å². The van der Waals surface area contributed by atoms with Gasteiger partial charge in [0.05, 0.1) is 18.3 Å². The molecule has 2 rings (SSSR count). The number of hydrogen-bond donors (Lipinski definition) is 3. The number of aliphatic hydroxyl groups is 3. The molecule has 0 bridgehead atoms. The van der Waals surface area contributed by atoms with Gasteiger partial charge in [0.2, 0.25) is 0 Å². The highest BCUT2D eigenvalue weighted by Gasteiger charge is 2.59. The van der Waals surface area contributed by atoms with Crippen LogP contribution in [0.25, 0.3) is 0 Å². The first-order chi connectivity index (χ1) is 15.4. The number of fused-ring (bicyclic) bond motifs is 1. The van der Waals surface area contributed by atoms with Gasteiger partial charge in [0.1, 0.15) is 0 Å². The van der Waals surface area contributed by atoms with Crippen LogP contribution in [0.5, 0.6) is 0 Å². The Balaban J connectivity index is 1.86. The molecular weight excluding hydrogens is 408 g/mol. The van der Waals surface area contributed by atoms with Gasteiger partial charge in [0.25, 0.3) is 0 Å². The summed E-state index contributed by atoms with van der Waals surface area (Å²) in [7, 11) is 0. The molecule has 3 heteroatoms. The molecule has 0 aromatic heterocycles. The van der Waals surface area contributed by atoms with Gasteiger partial charge in [0, 0.05) is 0 Å². The summed E-state index contributed by atoms with van der Waals surface area (Å²) in [4.78, 5) is 0. The van der Waals surface area contributed by atoms with Gasteiger partial charge in [-0.3, -0.25) is 0 Å². The minimum Gasteiger partial charge on any atom is -0.393 e. The second kappa shape index (κ2) is 11.7. The summed E-state index contributed by atoms with van der Waals surface area (Å²) in [5.41, 5.74) is 3.30. The molecule has 2 fully saturated rings. The monoisotopic (exact) mass is 460 g/mol. The van der Waals surface area contributed by atoms with Gasteiger partial charge in [-0.25, -0.2) is 0 Å². The van der Waals surface area contributed by atoms with Crippen LogP contribution in [0.15, 0.2) is 34.9 Å². The maximum Gasteiger partial charge on any atom is 0.0681 e. The fourth-order valence-corrected chi connectivity index (χ4v) is 6.79. The van der Waals surface area contributed by atoms with Crippen molar-refractivity contribution in [1.82, 2.24) is 0 Å².